The van der Waals surface area contributed by atoms with Crippen LogP contribution < -0.4 is 17.3 Å². The zero-order valence-electron chi connectivity index (χ0n) is 23.0. The molecular formula is C37H38ClN. The zero-order chi connectivity index (χ0) is 26.2. The third kappa shape index (κ3) is 6.87. The SMILES string of the molecule is C[NH+](C)C(Cc1ccccc1)(Cc1ccccc1)c1cccc(Cc2ccccc2)c1Cc1ccccc1.[Cl-]. The first-order chi connectivity index (χ1) is 18.6. The van der Waals surface area contributed by atoms with Gasteiger partial charge in [-0.1, -0.05) is 140 Å². The molecule has 198 valence electrons. The summed E-state index contributed by atoms with van der Waals surface area (Å²) in [5, 5.41) is 0. The fourth-order valence-corrected chi connectivity index (χ4v) is 5.84. The molecule has 0 unspecified atom stereocenters. The number of hydrogen-bond acceptors (Lipinski definition) is 0. The van der Waals surface area contributed by atoms with Crippen molar-refractivity contribution in [2.45, 2.75) is 31.2 Å². The van der Waals surface area contributed by atoms with E-state index in [9.17, 15) is 0 Å². The van der Waals surface area contributed by atoms with Gasteiger partial charge >= 0.3 is 0 Å². The number of nitrogens with one attached hydrogen (secondary N) is 1. The molecule has 0 amide bonds. The van der Waals surface area contributed by atoms with E-state index >= 15 is 0 Å². The molecule has 5 rings (SSSR count). The van der Waals surface area contributed by atoms with E-state index in [1.807, 2.05) is 0 Å². The van der Waals surface area contributed by atoms with Gasteiger partial charge in [-0.15, -0.1) is 0 Å². The van der Waals surface area contributed by atoms with Gasteiger partial charge in [0.25, 0.3) is 0 Å². The Morgan fingerprint density at radius 2 is 0.872 bits per heavy atom. The summed E-state index contributed by atoms with van der Waals surface area (Å²) < 4.78 is 0. The monoisotopic (exact) mass is 531 g/mol. The van der Waals surface area contributed by atoms with Gasteiger partial charge in [-0.05, 0) is 46.2 Å². The maximum absolute atomic E-state index is 2.41. The lowest BCUT2D eigenvalue weighted by Crippen LogP contribution is -3.14. The number of hydrogen-bond donors (Lipinski definition) is 1. The summed E-state index contributed by atoms with van der Waals surface area (Å²) in [5.74, 6) is 0. The zero-order valence-corrected chi connectivity index (χ0v) is 23.7. The highest BCUT2D eigenvalue weighted by Crippen LogP contribution is 2.34. The summed E-state index contributed by atoms with van der Waals surface area (Å²) >= 11 is 0. The van der Waals surface area contributed by atoms with Gasteiger partial charge < -0.3 is 17.3 Å². The first-order valence-electron chi connectivity index (χ1n) is 13.7. The van der Waals surface area contributed by atoms with Crippen molar-refractivity contribution >= 4 is 0 Å². The summed E-state index contributed by atoms with van der Waals surface area (Å²) in [4.78, 5) is 1.45. The summed E-state index contributed by atoms with van der Waals surface area (Å²) in [5.41, 5.74) is 9.69. The average Bonchev–Trinajstić information content (AvgIpc) is 2.96. The predicted molar refractivity (Wildman–Crippen MR) is 160 cm³/mol. The van der Waals surface area contributed by atoms with Gasteiger partial charge in [0.05, 0.1) is 14.1 Å². The normalized spacial score (nSPS) is 11.3. The molecule has 0 aliphatic heterocycles. The molecule has 0 radical (unpaired) electrons. The molecular weight excluding hydrogens is 494 g/mol. The number of benzene rings is 5. The van der Waals surface area contributed by atoms with Crippen LogP contribution in [0.5, 0.6) is 0 Å². The summed E-state index contributed by atoms with van der Waals surface area (Å²) in [7, 11) is 4.67. The Morgan fingerprint density at radius 3 is 1.31 bits per heavy atom. The molecule has 5 aromatic carbocycles. The van der Waals surface area contributed by atoms with Crippen LogP contribution >= 0.6 is 0 Å². The van der Waals surface area contributed by atoms with Gasteiger partial charge in [-0.2, -0.15) is 0 Å². The van der Waals surface area contributed by atoms with Gasteiger partial charge in [0.15, 0.2) is 0 Å². The van der Waals surface area contributed by atoms with E-state index in [0.29, 0.717) is 0 Å². The van der Waals surface area contributed by atoms with E-state index < -0.39 is 0 Å². The summed E-state index contributed by atoms with van der Waals surface area (Å²) in [6.07, 6.45) is 3.81. The van der Waals surface area contributed by atoms with Crippen LogP contribution in [-0.4, -0.2) is 14.1 Å². The lowest BCUT2D eigenvalue weighted by Gasteiger charge is -2.40. The molecule has 0 heterocycles. The average molecular weight is 532 g/mol. The van der Waals surface area contributed by atoms with Crippen LogP contribution in [0, 0.1) is 0 Å². The molecule has 0 aliphatic rings. The molecule has 1 N–H and O–H groups in total. The fourth-order valence-electron chi connectivity index (χ4n) is 5.84. The summed E-state index contributed by atoms with van der Waals surface area (Å²) in [6, 6.07) is 51.0. The van der Waals surface area contributed by atoms with Gasteiger partial charge in [0.1, 0.15) is 5.54 Å². The molecule has 0 atom stereocenters. The third-order valence-corrected chi connectivity index (χ3v) is 7.90. The highest BCUT2D eigenvalue weighted by molar-refractivity contribution is 5.46. The number of quaternary nitrogens is 1. The Morgan fingerprint density at radius 1 is 0.462 bits per heavy atom. The molecule has 0 aromatic heterocycles. The Kier molecular flexibility index (Phi) is 9.76. The number of rotatable bonds is 10. The second-order valence-corrected chi connectivity index (χ2v) is 10.7. The highest BCUT2D eigenvalue weighted by atomic mass is 35.5. The molecule has 0 saturated carbocycles. The molecule has 5 aromatic rings. The van der Waals surface area contributed by atoms with Crippen LogP contribution in [0.2, 0.25) is 0 Å². The first-order valence-corrected chi connectivity index (χ1v) is 13.7. The molecule has 0 saturated heterocycles. The van der Waals surface area contributed by atoms with Crippen molar-refractivity contribution in [3.8, 4) is 0 Å². The Labute approximate surface area is 240 Å². The van der Waals surface area contributed by atoms with E-state index in [2.05, 4.69) is 154 Å². The molecule has 0 aliphatic carbocycles. The standard InChI is InChI=1S/C37H37N.ClH/c1-38(2)37(28-32-20-11-5-12-21-32,29-33-22-13-6-14-23-33)36-25-15-24-34(26-30-16-7-3-8-17-30)35(36)27-31-18-9-4-10-19-31;/h3-25H,26-29H2,1-2H3;1H. The Balaban J connectivity index is 0.00000353. The van der Waals surface area contributed by atoms with Crippen molar-refractivity contribution in [2.75, 3.05) is 14.1 Å². The molecule has 2 heteroatoms. The minimum atomic E-state index is -0.125. The van der Waals surface area contributed by atoms with Crippen molar-refractivity contribution in [3.05, 3.63) is 178 Å². The third-order valence-electron chi connectivity index (χ3n) is 7.90. The van der Waals surface area contributed by atoms with Crippen LogP contribution in [-0.2, 0) is 31.2 Å². The topological polar surface area (TPSA) is 4.44 Å². The Hall–Kier alpha value is -3.65. The number of likely N-dealkylation sites (N-methyl/N-ethyl adjacent to an activating group) is 1. The van der Waals surface area contributed by atoms with Gasteiger partial charge in [0.2, 0.25) is 0 Å². The van der Waals surface area contributed by atoms with Crippen LogP contribution in [0.4, 0.5) is 0 Å². The minimum absolute atomic E-state index is 0. The Bertz CT molecular complexity index is 1370. The van der Waals surface area contributed by atoms with Crippen molar-refractivity contribution in [2.24, 2.45) is 0 Å². The molecule has 0 fully saturated rings. The van der Waals surface area contributed by atoms with Gasteiger partial charge in [-0.25, -0.2) is 0 Å². The van der Waals surface area contributed by atoms with Gasteiger partial charge in [-0.3, -0.25) is 0 Å². The van der Waals surface area contributed by atoms with Crippen molar-refractivity contribution in [3.63, 3.8) is 0 Å². The number of halogens is 1. The van der Waals surface area contributed by atoms with Crippen LogP contribution in [0.25, 0.3) is 0 Å². The van der Waals surface area contributed by atoms with E-state index in [1.165, 1.54) is 43.8 Å². The molecule has 39 heavy (non-hydrogen) atoms. The molecule has 0 spiro atoms. The lowest BCUT2D eigenvalue weighted by atomic mass is 9.74. The second kappa shape index (κ2) is 13.4. The maximum atomic E-state index is 2.41. The summed E-state index contributed by atoms with van der Waals surface area (Å²) in [6.45, 7) is 0. The predicted octanol–water partition coefficient (Wildman–Crippen LogP) is 3.70. The van der Waals surface area contributed by atoms with E-state index in [-0.39, 0.29) is 17.9 Å². The largest absolute Gasteiger partial charge is 1.00 e. The van der Waals surface area contributed by atoms with Crippen LogP contribution in [0.15, 0.2) is 140 Å². The fraction of sp³-hybridized carbons (Fsp3) is 0.189. The molecule has 1 nitrogen and oxygen atoms in total. The van der Waals surface area contributed by atoms with Crippen molar-refractivity contribution < 1.29 is 17.3 Å². The van der Waals surface area contributed by atoms with E-state index in [0.717, 1.165) is 25.7 Å². The lowest BCUT2D eigenvalue weighted by molar-refractivity contribution is -0.924. The minimum Gasteiger partial charge on any atom is -1.00 e. The highest BCUT2D eigenvalue weighted by Gasteiger charge is 2.41. The van der Waals surface area contributed by atoms with E-state index in [4.69, 9.17) is 0 Å². The quantitative estimate of drug-likeness (QED) is 0.280. The van der Waals surface area contributed by atoms with Crippen molar-refractivity contribution in [1.29, 1.82) is 0 Å². The van der Waals surface area contributed by atoms with E-state index in [1.54, 1.807) is 0 Å². The smallest absolute Gasteiger partial charge is 0.131 e. The molecule has 0 bridgehead atoms. The van der Waals surface area contributed by atoms with Crippen molar-refractivity contribution in [1.82, 2.24) is 0 Å². The maximum Gasteiger partial charge on any atom is 0.131 e. The van der Waals surface area contributed by atoms with Crippen LogP contribution in [0.3, 0.4) is 0 Å². The van der Waals surface area contributed by atoms with Gasteiger partial charge in [0, 0.05) is 18.4 Å². The first kappa shape index (κ1) is 28.4. The second-order valence-electron chi connectivity index (χ2n) is 10.7. The van der Waals surface area contributed by atoms with Crippen LogP contribution in [0.1, 0.15) is 38.9 Å².